The minimum Gasteiger partial charge on any atom is -0.347 e. The lowest BCUT2D eigenvalue weighted by molar-refractivity contribution is -0.186. The Balaban J connectivity index is 1.58. The van der Waals surface area contributed by atoms with E-state index in [1.54, 1.807) is 18.2 Å². The van der Waals surface area contributed by atoms with Gasteiger partial charge >= 0.3 is 0 Å². The highest BCUT2D eigenvalue weighted by atomic mass is 32.2. The second-order valence-corrected chi connectivity index (χ2v) is 7.96. The lowest BCUT2D eigenvalue weighted by atomic mass is 9.94. The molecule has 2 fully saturated rings. The fourth-order valence-electron chi connectivity index (χ4n) is 3.14. The molecule has 6 heteroatoms. The average molecular weight is 325 g/mol. The minimum atomic E-state index is -3.50. The Labute approximate surface area is 132 Å². The zero-order valence-corrected chi connectivity index (χ0v) is 13.7. The third-order valence-corrected chi connectivity index (χ3v) is 5.75. The van der Waals surface area contributed by atoms with Crippen molar-refractivity contribution in [2.75, 3.05) is 13.2 Å². The Morgan fingerprint density at radius 1 is 1.27 bits per heavy atom. The summed E-state index contributed by atoms with van der Waals surface area (Å²) in [5.41, 5.74) is 0.921. The third-order valence-electron chi connectivity index (χ3n) is 4.33. The molecule has 1 spiro atoms. The quantitative estimate of drug-likeness (QED) is 0.923. The number of nitrogens with one attached hydrogen (secondary N) is 1. The Morgan fingerprint density at radius 3 is 2.77 bits per heavy atom. The summed E-state index contributed by atoms with van der Waals surface area (Å²) < 4.78 is 39.1. The van der Waals surface area contributed by atoms with Crippen molar-refractivity contribution in [3.63, 3.8) is 0 Å². The number of aryl methyl sites for hydroxylation is 1. The molecule has 0 bridgehead atoms. The van der Waals surface area contributed by atoms with E-state index in [4.69, 9.17) is 9.47 Å². The Morgan fingerprint density at radius 2 is 2.05 bits per heavy atom. The molecule has 0 radical (unpaired) electrons. The maximum atomic E-state index is 12.3. The second kappa shape index (κ2) is 6.28. The highest BCUT2D eigenvalue weighted by molar-refractivity contribution is 7.89. The maximum Gasteiger partial charge on any atom is 0.240 e. The zero-order chi connectivity index (χ0) is 15.6. The molecule has 1 aliphatic carbocycles. The number of hydrogen-bond donors (Lipinski definition) is 1. The summed E-state index contributed by atoms with van der Waals surface area (Å²) >= 11 is 0. The van der Waals surface area contributed by atoms with Gasteiger partial charge in [0.05, 0.1) is 17.6 Å². The van der Waals surface area contributed by atoms with Gasteiger partial charge in [0.15, 0.2) is 5.79 Å². The van der Waals surface area contributed by atoms with Crippen LogP contribution in [-0.4, -0.2) is 33.5 Å². The molecule has 0 aromatic heterocycles. The van der Waals surface area contributed by atoms with Crippen LogP contribution in [0.4, 0.5) is 0 Å². The molecular weight excluding hydrogens is 302 g/mol. The summed E-state index contributed by atoms with van der Waals surface area (Å²) in [6, 6.07) is 6.89. The average Bonchev–Trinajstić information content (AvgIpc) is 2.89. The number of sulfonamides is 1. The van der Waals surface area contributed by atoms with Gasteiger partial charge in [0.1, 0.15) is 0 Å². The van der Waals surface area contributed by atoms with Crippen LogP contribution in [0.5, 0.6) is 0 Å². The second-order valence-electron chi connectivity index (χ2n) is 6.19. The lowest BCUT2D eigenvalue weighted by Gasteiger charge is -2.31. The van der Waals surface area contributed by atoms with Gasteiger partial charge in [0.25, 0.3) is 0 Å². The molecule has 22 heavy (non-hydrogen) atoms. The molecule has 5 nitrogen and oxygen atoms in total. The van der Waals surface area contributed by atoms with E-state index in [2.05, 4.69) is 4.72 Å². The molecule has 1 aliphatic heterocycles. The van der Waals surface area contributed by atoms with Crippen LogP contribution in [0.15, 0.2) is 29.2 Å². The van der Waals surface area contributed by atoms with E-state index < -0.39 is 15.8 Å². The van der Waals surface area contributed by atoms with Crippen molar-refractivity contribution < 1.29 is 17.9 Å². The fraction of sp³-hybridized carbons (Fsp3) is 0.625. The lowest BCUT2D eigenvalue weighted by Crippen LogP contribution is -2.37. The molecular formula is C16H23NO4S. The first-order chi connectivity index (χ1) is 10.5. The van der Waals surface area contributed by atoms with Crippen LogP contribution in [0.1, 0.15) is 37.7 Å². The van der Waals surface area contributed by atoms with Crippen LogP contribution < -0.4 is 4.72 Å². The molecule has 0 unspecified atom stereocenters. The predicted molar refractivity (Wildman–Crippen MR) is 83.0 cm³/mol. The first-order valence-electron chi connectivity index (χ1n) is 7.87. The Kier molecular flexibility index (Phi) is 4.54. The van der Waals surface area contributed by atoms with Crippen LogP contribution in [0, 0.1) is 6.92 Å². The number of rotatable bonds is 4. The summed E-state index contributed by atoms with van der Waals surface area (Å²) in [7, 11) is -3.50. The monoisotopic (exact) mass is 325 g/mol. The molecule has 1 N–H and O–H groups in total. The van der Waals surface area contributed by atoms with Gasteiger partial charge in [0.2, 0.25) is 10.0 Å². The summed E-state index contributed by atoms with van der Waals surface area (Å²) in [5.74, 6) is -0.461. The normalized spacial score (nSPS) is 24.7. The number of hydrogen-bond acceptors (Lipinski definition) is 4. The van der Waals surface area contributed by atoms with E-state index in [-0.39, 0.29) is 12.6 Å². The molecule has 0 amide bonds. The van der Waals surface area contributed by atoms with Gasteiger partial charge in [-0.2, -0.15) is 0 Å². The summed E-state index contributed by atoms with van der Waals surface area (Å²) in [5, 5.41) is 0. The van der Waals surface area contributed by atoms with E-state index in [0.717, 1.165) is 31.2 Å². The van der Waals surface area contributed by atoms with Gasteiger partial charge in [-0.15, -0.1) is 0 Å². The Hall–Kier alpha value is -0.950. The minimum absolute atomic E-state index is 0.210. The van der Waals surface area contributed by atoms with Crippen LogP contribution in [0.3, 0.4) is 0 Å². The van der Waals surface area contributed by atoms with E-state index in [1.807, 2.05) is 13.0 Å². The summed E-state index contributed by atoms with van der Waals surface area (Å²) in [4.78, 5) is 0.291. The van der Waals surface area contributed by atoms with Gasteiger partial charge in [-0.05, 0) is 37.5 Å². The van der Waals surface area contributed by atoms with Gasteiger partial charge in [-0.1, -0.05) is 18.6 Å². The van der Waals surface area contributed by atoms with E-state index >= 15 is 0 Å². The predicted octanol–water partition coefficient (Wildman–Crippen LogP) is 2.35. The number of benzene rings is 1. The molecule has 1 saturated heterocycles. The highest BCUT2D eigenvalue weighted by Crippen LogP contribution is 2.37. The van der Waals surface area contributed by atoms with Crippen LogP contribution in [0.2, 0.25) is 0 Å². The first-order valence-corrected chi connectivity index (χ1v) is 9.36. The van der Waals surface area contributed by atoms with Gasteiger partial charge in [0, 0.05) is 19.4 Å². The standard InChI is InChI=1S/C16H23NO4S/c1-13-6-5-7-15(10-13)22(18,19)17-11-14-12-20-16(21-14)8-3-2-4-9-16/h5-7,10,14,17H,2-4,8-9,11-12H2,1H3/t14-/m1/s1. The molecule has 1 aromatic rings. The van der Waals surface area contributed by atoms with Crippen molar-refractivity contribution in [2.45, 2.75) is 55.8 Å². The van der Waals surface area contributed by atoms with Crippen molar-refractivity contribution in [2.24, 2.45) is 0 Å². The Bertz CT molecular complexity index is 623. The molecule has 1 heterocycles. The smallest absolute Gasteiger partial charge is 0.240 e. The van der Waals surface area contributed by atoms with E-state index in [0.29, 0.717) is 11.5 Å². The largest absolute Gasteiger partial charge is 0.347 e. The zero-order valence-electron chi connectivity index (χ0n) is 12.9. The first kappa shape index (κ1) is 15.9. The molecule has 1 saturated carbocycles. The fourth-order valence-corrected chi connectivity index (χ4v) is 4.31. The highest BCUT2D eigenvalue weighted by Gasteiger charge is 2.42. The van der Waals surface area contributed by atoms with Crippen molar-refractivity contribution in [3.05, 3.63) is 29.8 Å². The molecule has 1 aromatic carbocycles. The third kappa shape index (κ3) is 3.51. The van der Waals surface area contributed by atoms with Gasteiger partial charge in [-0.25, -0.2) is 13.1 Å². The molecule has 1 atom stereocenters. The summed E-state index contributed by atoms with van der Waals surface area (Å²) in [6.45, 7) is 2.58. The molecule has 122 valence electrons. The van der Waals surface area contributed by atoms with E-state index in [9.17, 15) is 8.42 Å². The molecule has 2 aliphatic rings. The van der Waals surface area contributed by atoms with Crippen LogP contribution in [0.25, 0.3) is 0 Å². The van der Waals surface area contributed by atoms with Gasteiger partial charge in [-0.3, -0.25) is 0 Å². The number of ether oxygens (including phenoxy) is 2. The van der Waals surface area contributed by atoms with Crippen molar-refractivity contribution in [1.29, 1.82) is 0 Å². The van der Waals surface area contributed by atoms with Gasteiger partial charge < -0.3 is 9.47 Å². The molecule has 3 rings (SSSR count). The topological polar surface area (TPSA) is 64.6 Å². The summed E-state index contributed by atoms with van der Waals surface area (Å²) in [6.07, 6.45) is 5.06. The van der Waals surface area contributed by atoms with Crippen LogP contribution in [-0.2, 0) is 19.5 Å². The van der Waals surface area contributed by atoms with Crippen molar-refractivity contribution >= 4 is 10.0 Å². The SMILES string of the molecule is Cc1cccc(S(=O)(=O)NC[C@@H]2COC3(CCCCC3)O2)c1. The maximum absolute atomic E-state index is 12.3. The van der Waals surface area contributed by atoms with Crippen molar-refractivity contribution in [1.82, 2.24) is 4.72 Å². The van der Waals surface area contributed by atoms with Crippen LogP contribution >= 0.6 is 0 Å². The van der Waals surface area contributed by atoms with Crippen molar-refractivity contribution in [3.8, 4) is 0 Å². The van der Waals surface area contributed by atoms with E-state index in [1.165, 1.54) is 6.42 Å².